The molecule has 11 heteroatoms. The second-order valence-corrected chi connectivity index (χ2v) is 8.86. The first-order valence-corrected chi connectivity index (χ1v) is 11.6. The third-order valence-electron chi connectivity index (χ3n) is 6.72. The van der Waals surface area contributed by atoms with Crippen molar-refractivity contribution in [3.8, 4) is 0 Å². The first-order chi connectivity index (χ1) is 16.0. The Morgan fingerprint density at radius 3 is 2.43 bits per heavy atom. The van der Waals surface area contributed by atoms with Crippen LogP contribution in [0, 0.1) is 6.92 Å². The second-order valence-electron chi connectivity index (χ2n) is 8.86. The molecule has 1 saturated heterocycles. The number of hydrogen-bond acceptors (Lipinski definition) is 8. The number of rotatable bonds is 5. The van der Waals surface area contributed by atoms with Crippen molar-refractivity contribution in [3.05, 3.63) is 46.0 Å². The Bertz CT molecular complexity index is 1250. The third-order valence-corrected chi connectivity index (χ3v) is 6.72. The summed E-state index contributed by atoms with van der Waals surface area (Å²) in [4.78, 5) is 41.6. The monoisotopic (exact) mass is 519 g/mol. The van der Waals surface area contributed by atoms with E-state index in [1.807, 2.05) is 18.3 Å². The molecule has 9 nitrogen and oxygen atoms in total. The van der Waals surface area contributed by atoms with Crippen molar-refractivity contribution in [2.24, 2.45) is 0 Å². The molecule has 0 amide bonds. The number of carbonyl (C=O) groups excluding carboxylic acids is 1. The van der Waals surface area contributed by atoms with Gasteiger partial charge in [0, 0.05) is 43.8 Å². The number of aromatic nitrogens is 4. The number of nitrogens with zero attached hydrogens (tertiary/aromatic N) is 5. The minimum absolute atomic E-state index is 0. The summed E-state index contributed by atoms with van der Waals surface area (Å²) in [6, 6.07) is 4.01. The van der Waals surface area contributed by atoms with Gasteiger partial charge in [0.05, 0.1) is 17.4 Å². The summed E-state index contributed by atoms with van der Waals surface area (Å²) >= 11 is 0. The molecule has 0 spiro atoms. The third kappa shape index (κ3) is 5.27. The molecule has 188 valence electrons. The minimum atomic E-state index is -0.248. The molecule has 3 aromatic rings. The van der Waals surface area contributed by atoms with E-state index in [9.17, 15) is 9.59 Å². The maximum atomic E-state index is 13.3. The van der Waals surface area contributed by atoms with Gasteiger partial charge in [0.15, 0.2) is 5.78 Å². The van der Waals surface area contributed by atoms with Crippen LogP contribution in [0.4, 0.5) is 17.5 Å². The zero-order chi connectivity index (χ0) is 22.9. The van der Waals surface area contributed by atoms with E-state index in [0.717, 1.165) is 62.9 Å². The highest BCUT2D eigenvalue weighted by atomic mass is 35.5. The summed E-state index contributed by atoms with van der Waals surface area (Å²) in [6.07, 6.45) is 7.52. The lowest BCUT2D eigenvalue weighted by molar-refractivity contribution is 0.101. The van der Waals surface area contributed by atoms with Crippen molar-refractivity contribution in [2.45, 2.75) is 45.6 Å². The average molecular weight is 520 g/mol. The van der Waals surface area contributed by atoms with Gasteiger partial charge in [-0.2, -0.15) is 4.98 Å². The topological polar surface area (TPSA) is 105 Å². The van der Waals surface area contributed by atoms with Crippen LogP contribution in [0.15, 0.2) is 29.3 Å². The molecule has 0 radical (unpaired) electrons. The molecule has 2 N–H and O–H groups in total. The van der Waals surface area contributed by atoms with Gasteiger partial charge < -0.3 is 15.5 Å². The van der Waals surface area contributed by atoms with Crippen LogP contribution in [0.1, 0.15) is 54.6 Å². The molecule has 5 rings (SSSR count). The van der Waals surface area contributed by atoms with Gasteiger partial charge in [-0.1, -0.05) is 12.8 Å². The standard InChI is InChI=1S/C24H29N7O2.2ClH/c1-15-19-14-27-24(28-20-8-7-18(13-26-20)30-11-9-25-10-12-30)29-22(19)31(17-5-3-4-6-17)23(33)21(15)16(2)32;;/h7-8,13-14,17,25H,3-6,9-12H2,1-2H3,(H,26,27,28,29);2*1H. The fourth-order valence-electron chi connectivity index (χ4n) is 4.99. The molecule has 1 saturated carbocycles. The largest absolute Gasteiger partial charge is 0.368 e. The first-order valence-electron chi connectivity index (χ1n) is 11.6. The van der Waals surface area contributed by atoms with E-state index in [2.05, 4.69) is 25.5 Å². The molecule has 2 aliphatic rings. The predicted molar refractivity (Wildman–Crippen MR) is 143 cm³/mol. The van der Waals surface area contributed by atoms with E-state index in [-0.39, 0.29) is 47.8 Å². The molecular weight excluding hydrogens is 489 g/mol. The van der Waals surface area contributed by atoms with Crippen LogP contribution in [0.5, 0.6) is 0 Å². The van der Waals surface area contributed by atoms with Gasteiger partial charge in [0.2, 0.25) is 5.95 Å². The van der Waals surface area contributed by atoms with Crippen LogP contribution in [0.2, 0.25) is 0 Å². The highest BCUT2D eigenvalue weighted by Crippen LogP contribution is 2.32. The minimum Gasteiger partial charge on any atom is -0.368 e. The number of hydrogen-bond donors (Lipinski definition) is 2. The molecule has 35 heavy (non-hydrogen) atoms. The number of pyridine rings is 2. The lowest BCUT2D eigenvalue weighted by Crippen LogP contribution is -2.43. The molecule has 0 aromatic carbocycles. The predicted octanol–water partition coefficient (Wildman–Crippen LogP) is 3.81. The summed E-state index contributed by atoms with van der Waals surface area (Å²) in [5.74, 6) is 0.799. The van der Waals surface area contributed by atoms with Crippen molar-refractivity contribution < 1.29 is 4.79 Å². The van der Waals surface area contributed by atoms with Crippen molar-refractivity contribution in [3.63, 3.8) is 0 Å². The summed E-state index contributed by atoms with van der Waals surface area (Å²) < 4.78 is 1.72. The van der Waals surface area contributed by atoms with Gasteiger partial charge in [0.1, 0.15) is 11.5 Å². The highest BCUT2D eigenvalue weighted by Gasteiger charge is 2.25. The van der Waals surface area contributed by atoms with Crippen LogP contribution >= 0.6 is 24.8 Å². The molecule has 3 aromatic heterocycles. The van der Waals surface area contributed by atoms with E-state index in [0.29, 0.717) is 23.0 Å². The number of aryl methyl sites for hydroxylation is 1. The molecule has 2 fully saturated rings. The molecular formula is C24H31Cl2N7O2. The van der Waals surface area contributed by atoms with Crippen LogP contribution in [0.3, 0.4) is 0 Å². The summed E-state index contributed by atoms with van der Waals surface area (Å²) in [5.41, 5.74) is 2.29. The summed E-state index contributed by atoms with van der Waals surface area (Å²) in [7, 11) is 0. The normalized spacial score (nSPS) is 16.0. The fourth-order valence-corrected chi connectivity index (χ4v) is 4.99. The van der Waals surface area contributed by atoms with Crippen molar-refractivity contribution in [1.82, 2.24) is 24.8 Å². The molecule has 1 aliphatic heterocycles. The second kappa shape index (κ2) is 11.3. The molecule has 0 atom stereocenters. The average Bonchev–Trinajstić information content (AvgIpc) is 3.34. The maximum absolute atomic E-state index is 13.3. The number of piperazine rings is 1. The van der Waals surface area contributed by atoms with Gasteiger partial charge in [-0.3, -0.25) is 14.2 Å². The van der Waals surface area contributed by atoms with Gasteiger partial charge in [0.25, 0.3) is 5.56 Å². The quantitative estimate of drug-likeness (QED) is 0.490. The number of anilines is 3. The Morgan fingerprint density at radius 2 is 1.80 bits per heavy atom. The maximum Gasteiger partial charge on any atom is 0.263 e. The van der Waals surface area contributed by atoms with Crippen LogP contribution in [-0.4, -0.2) is 51.5 Å². The first kappa shape index (κ1) is 26.8. The molecule has 0 unspecified atom stereocenters. The number of fused-ring (bicyclic) bond motifs is 1. The number of nitrogens with one attached hydrogen (secondary N) is 2. The summed E-state index contributed by atoms with van der Waals surface area (Å²) in [6.45, 7) is 7.11. The number of Topliss-reactive ketones (excluding diaryl/α,β-unsaturated/α-hetero) is 1. The van der Waals surface area contributed by atoms with Gasteiger partial charge >= 0.3 is 0 Å². The van der Waals surface area contributed by atoms with E-state index >= 15 is 0 Å². The molecule has 1 aliphatic carbocycles. The lowest BCUT2D eigenvalue weighted by Gasteiger charge is -2.29. The van der Waals surface area contributed by atoms with Crippen LogP contribution in [0.25, 0.3) is 11.0 Å². The lowest BCUT2D eigenvalue weighted by atomic mass is 10.0. The van der Waals surface area contributed by atoms with Gasteiger partial charge in [-0.05, 0) is 44.4 Å². The Balaban J connectivity index is 0.00000171. The zero-order valence-electron chi connectivity index (χ0n) is 19.9. The van der Waals surface area contributed by atoms with E-state index in [1.54, 1.807) is 17.7 Å². The van der Waals surface area contributed by atoms with Crippen LogP contribution in [-0.2, 0) is 0 Å². The fraction of sp³-hybridized carbons (Fsp3) is 0.458. The van der Waals surface area contributed by atoms with Crippen molar-refractivity contribution in [2.75, 3.05) is 36.4 Å². The Kier molecular flexibility index (Phi) is 8.69. The SMILES string of the molecule is CC(=O)c1c(C)c2cnc(Nc3ccc(N4CCNCC4)cn3)nc2n(C2CCCC2)c1=O.Cl.Cl. The number of carbonyl (C=O) groups is 1. The number of ketones is 1. The van der Waals surface area contributed by atoms with E-state index in [1.165, 1.54) is 6.92 Å². The Labute approximate surface area is 216 Å². The van der Waals surface area contributed by atoms with Gasteiger partial charge in [-0.15, -0.1) is 24.8 Å². The Hall–Kier alpha value is -2.75. The van der Waals surface area contributed by atoms with Crippen molar-refractivity contribution >= 4 is 59.1 Å². The van der Waals surface area contributed by atoms with E-state index in [4.69, 9.17) is 4.98 Å². The smallest absolute Gasteiger partial charge is 0.263 e. The van der Waals surface area contributed by atoms with E-state index < -0.39 is 0 Å². The van der Waals surface area contributed by atoms with Crippen molar-refractivity contribution in [1.29, 1.82) is 0 Å². The Morgan fingerprint density at radius 1 is 1.09 bits per heavy atom. The molecule has 0 bridgehead atoms. The van der Waals surface area contributed by atoms with Crippen LogP contribution < -0.4 is 21.1 Å². The number of halogens is 2. The zero-order valence-corrected chi connectivity index (χ0v) is 21.5. The molecule has 4 heterocycles. The summed E-state index contributed by atoms with van der Waals surface area (Å²) in [5, 5.41) is 7.26. The van der Waals surface area contributed by atoms with Gasteiger partial charge in [-0.25, -0.2) is 9.97 Å². The highest BCUT2D eigenvalue weighted by molar-refractivity contribution is 5.99.